The van der Waals surface area contributed by atoms with Gasteiger partial charge in [0.2, 0.25) is 0 Å². The number of amides is 2. The Bertz CT molecular complexity index is 1420. The van der Waals surface area contributed by atoms with Gasteiger partial charge >= 0.3 is 11.9 Å². The molecule has 8 nitrogen and oxygen atoms in total. The molecule has 2 aliphatic heterocycles. The maximum atomic E-state index is 12.1. The van der Waals surface area contributed by atoms with E-state index < -0.39 is 25.0 Å². The summed E-state index contributed by atoms with van der Waals surface area (Å²) in [5, 5.41) is 17.6. The van der Waals surface area contributed by atoms with Crippen molar-refractivity contribution >= 4 is 92.5 Å². The summed E-state index contributed by atoms with van der Waals surface area (Å²) in [6.07, 6.45) is 7.36. The number of carboxylic acids is 2. The standard InChI is InChI=1S/2C15H13NO3S2/c2*1-10(7-11-5-3-2-4-6-11)8-12-14(19)16(9-13(17)18)15(20)21-12/h2*2-8H,9H2,1H3,(H,17,18)/b2*10-7+,12-8+. The zero-order valence-corrected chi connectivity index (χ0v) is 25.8. The molecule has 0 saturated carbocycles. The molecule has 2 heterocycles. The molecule has 0 radical (unpaired) electrons. The van der Waals surface area contributed by atoms with Crippen LogP contribution in [-0.2, 0) is 19.2 Å². The van der Waals surface area contributed by atoms with Gasteiger partial charge in [0, 0.05) is 0 Å². The van der Waals surface area contributed by atoms with E-state index in [0.29, 0.717) is 9.81 Å². The fourth-order valence-electron chi connectivity index (χ4n) is 3.66. The molecular weight excluding hydrogens is 613 g/mol. The fourth-order valence-corrected chi connectivity index (χ4v) is 6.27. The number of benzene rings is 2. The van der Waals surface area contributed by atoms with Gasteiger partial charge in [0.05, 0.1) is 9.81 Å². The van der Waals surface area contributed by atoms with Crippen LogP contribution in [-0.4, -0.2) is 65.5 Å². The van der Waals surface area contributed by atoms with Gasteiger partial charge in [-0.3, -0.25) is 29.0 Å². The van der Waals surface area contributed by atoms with Gasteiger partial charge in [-0.1, -0.05) is 121 Å². The van der Waals surface area contributed by atoms with E-state index in [4.69, 9.17) is 34.6 Å². The Labute approximate surface area is 262 Å². The van der Waals surface area contributed by atoms with Crippen molar-refractivity contribution in [2.45, 2.75) is 13.8 Å². The maximum Gasteiger partial charge on any atom is 0.323 e. The number of hydrogen-bond acceptors (Lipinski definition) is 8. The van der Waals surface area contributed by atoms with Crippen LogP contribution in [0.15, 0.2) is 93.8 Å². The number of carbonyl (C=O) groups is 4. The highest BCUT2D eigenvalue weighted by molar-refractivity contribution is 8.27. The molecule has 2 fully saturated rings. The van der Waals surface area contributed by atoms with Gasteiger partial charge in [-0.05, 0) is 48.3 Å². The van der Waals surface area contributed by atoms with Crippen LogP contribution in [0.5, 0.6) is 0 Å². The number of nitrogens with zero attached hydrogens (tertiary/aromatic N) is 2. The van der Waals surface area contributed by atoms with Crippen LogP contribution < -0.4 is 0 Å². The summed E-state index contributed by atoms with van der Waals surface area (Å²) in [4.78, 5) is 48.7. The van der Waals surface area contributed by atoms with Gasteiger partial charge in [0.25, 0.3) is 11.8 Å². The third-order valence-electron chi connectivity index (χ3n) is 5.44. The van der Waals surface area contributed by atoms with Crippen LogP contribution in [0, 0.1) is 0 Å². The molecule has 2 aromatic carbocycles. The minimum atomic E-state index is -1.08. The quantitative estimate of drug-likeness (QED) is 0.270. The van der Waals surface area contributed by atoms with Gasteiger partial charge in [-0.15, -0.1) is 0 Å². The number of aliphatic carboxylic acids is 2. The molecule has 216 valence electrons. The summed E-state index contributed by atoms with van der Waals surface area (Å²) < 4.78 is 0.558. The van der Waals surface area contributed by atoms with Crippen LogP contribution in [0.4, 0.5) is 0 Å². The lowest BCUT2D eigenvalue weighted by atomic mass is 10.1. The topological polar surface area (TPSA) is 115 Å². The Hall–Kier alpha value is -3.84. The molecule has 2 aliphatic rings. The number of allylic oxidation sites excluding steroid dienone is 4. The van der Waals surface area contributed by atoms with Crippen molar-refractivity contribution in [1.29, 1.82) is 0 Å². The van der Waals surface area contributed by atoms with E-state index in [2.05, 4.69) is 0 Å². The van der Waals surface area contributed by atoms with Crippen LogP contribution >= 0.6 is 48.0 Å². The molecule has 0 unspecified atom stereocenters. The average Bonchev–Trinajstić information content (AvgIpc) is 3.33. The number of thioether (sulfide) groups is 2. The van der Waals surface area contributed by atoms with Crippen LogP contribution in [0.1, 0.15) is 25.0 Å². The number of carboxylic acid groups (broad SMARTS) is 2. The molecule has 12 heteroatoms. The lowest BCUT2D eigenvalue weighted by Crippen LogP contribution is -2.33. The zero-order valence-electron chi connectivity index (χ0n) is 22.6. The molecule has 2 aromatic rings. The summed E-state index contributed by atoms with van der Waals surface area (Å²) in [5.74, 6) is -2.87. The van der Waals surface area contributed by atoms with Crippen molar-refractivity contribution in [2.75, 3.05) is 13.1 Å². The second kappa shape index (κ2) is 15.4. The van der Waals surface area contributed by atoms with E-state index in [1.807, 2.05) is 86.7 Å². The summed E-state index contributed by atoms with van der Waals surface area (Å²) >= 11 is 12.3. The molecule has 2 N–H and O–H groups in total. The highest BCUT2D eigenvalue weighted by Gasteiger charge is 2.34. The highest BCUT2D eigenvalue weighted by Crippen LogP contribution is 2.32. The Morgan fingerprint density at radius 1 is 0.690 bits per heavy atom. The summed E-state index contributed by atoms with van der Waals surface area (Å²) in [5.41, 5.74) is 3.87. The molecule has 4 rings (SSSR count). The molecule has 0 aliphatic carbocycles. The van der Waals surface area contributed by atoms with Crippen molar-refractivity contribution in [3.8, 4) is 0 Å². The first-order valence-corrected chi connectivity index (χ1v) is 14.8. The monoisotopic (exact) mass is 638 g/mol. The molecule has 2 saturated heterocycles. The van der Waals surface area contributed by atoms with Gasteiger partial charge in [0.1, 0.15) is 21.7 Å². The van der Waals surface area contributed by atoms with E-state index in [-0.39, 0.29) is 20.5 Å². The Morgan fingerprint density at radius 2 is 1.02 bits per heavy atom. The first-order chi connectivity index (χ1) is 19.9. The molecule has 0 atom stereocenters. The number of carbonyl (C=O) groups excluding carboxylic acids is 2. The van der Waals surface area contributed by atoms with E-state index >= 15 is 0 Å². The van der Waals surface area contributed by atoms with E-state index in [0.717, 1.165) is 55.6 Å². The van der Waals surface area contributed by atoms with Crippen molar-refractivity contribution in [3.63, 3.8) is 0 Å². The molecule has 0 bridgehead atoms. The number of rotatable bonds is 8. The molecule has 0 spiro atoms. The van der Waals surface area contributed by atoms with Crippen molar-refractivity contribution in [2.24, 2.45) is 0 Å². The minimum absolute atomic E-state index is 0.279. The molecular formula is C30H26N2O6S4. The van der Waals surface area contributed by atoms with Crippen LogP contribution in [0.2, 0.25) is 0 Å². The van der Waals surface area contributed by atoms with Gasteiger partial charge in [-0.25, -0.2) is 0 Å². The van der Waals surface area contributed by atoms with Crippen LogP contribution in [0.3, 0.4) is 0 Å². The van der Waals surface area contributed by atoms with Gasteiger partial charge < -0.3 is 10.2 Å². The zero-order chi connectivity index (χ0) is 30.8. The number of thiocarbonyl (C=S) groups is 2. The average molecular weight is 639 g/mol. The van der Waals surface area contributed by atoms with Crippen molar-refractivity contribution < 1.29 is 29.4 Å². The second-order valence-electron chi connectivity index (χ2n) is 8.92. The predicted octanol–water partition coefficient (Wildman–Crippen LogP) is 5.84. The molecule has 42 heavy (non-hydrogen) atoms. The molecule has 0 aromatic heterocycles. The maximum absolute atomic E-state index is 12.1. The Kier molecular flexibility index (Phi) is 12.0. The SMILES string of the molecule is CC(=C\c1ccccc1)/C=C1/SC(=S)N(CC(=O)O)C1=O.CC(=C\c1ccccc1)/C=C1/SC(=S)N(CC(=O)O)C1=O. The first-order valence-electron chi connectivity index (χ1n) is 12.4. The minimum Gasteiger partial charge on any atom is -0.480 e. The Morgan fingerprint density at radius 3 is 1.33 bits per heavy atom. The van der Waals surface area contributed by atoms with Gasteiger partial charge in [0.15, 0.2) is 0 Å². The summed E-state index contributed by atoms with van der Waals surface area (Å²) in [6.45, 7) is 2.97. The van der Waals surface area contributed by atoms with E-state index in [1.165, 1.54) is 0 Å². The molecule has 2 amide bonds. The largest absolute Gasteiger partial charge is 0.480 e. The lowest BCUT2D eigenvalue weighted by Gasteiger charge is -2.10. The van der Waals surface area contributed by atoms with E-state index in [9.17, 15) is 19.2 Å². The van der Waals surface area contributed by atoms with Crippen molar-refractivity contribution in [3.05, 3.63) is 105 Å². The van der Waals surface area contributed by atoms with E-state index in [1.54, 1.807) is 12.2 Å². The predicted molar refractivity (Wildman–Crippen MR) is 175 cm³/mol. The summed E-state index contributed by atoms with van der Waals surface area (Å²) in [6, 6.07) is 19.5. The fraction of sp³-hybridized carbons (Fsp3) is 0.133. The second-order valence-corrected chi connectivity index (χ2v) is 12.3. The smallest absolute Gasteiger partial charge is 0.323 e. The number of hydrogen-bond donors (Lipinski definition) is 2. The third-order valence-corrected chi connectivity index (χ3v) is 8.19. The van der Waals surface area contributed by atoms with Gasteiger partial charge in [-0.2, -0.15) is 0 Å². The Balaban J connectivity index is 0.000000230. The van der Waals surface area contributed by atoms with Crippen molar-refractivity contribution in [1.82, 2.24) is 9.80 Å². The first kappa shape index (κ1) is 32.7. The van der Waals surface area contributed by atoms with Crippen LogP contribution in [0.25, 0.3) is 12.2 Å². The lowest BCUT2D eigenvalue weighted by molar-refractivity contribution is -0.140. The third kappa shape index (κ3) is 9.62. The highest BCUT2D eigenvalue weighted by atomic mass is 32.2. The normalized spacial score (nSPS) is 17.7. The summed E-state index contributed by atoms with van der Waals surface area (Å²) in [7, 11) is 0.